The van der Waals surface area contributed by atoms with Crippen molar-refractivity contribution in [3.8, 4) is 11.5 Å². The van der Waals surface area contributed by atoms with Crippen LogP contribution in [0.2, 0.25) is 10.0 Å². The molecule has 0 saturated heterocycles. The summed E-state index contributed by atoms with van der Waals surface area (Å²) in [5.41, 5.74) is 1.15. The first-order valence-corrected chi connectivity index (χ1v) is 7.25. The highest BCUT2D eigenvalue weighted by Crippen LogP contribution is 2.28. The Morgan fingerprint density at radius 3 is 2.36 bits per heavy atom. The van der Waals surface area contributed by atoms with E-state index in [1.807, 2.05) is 0 Å². The Morgan fingerprint density at radius 1 is 1.05 bits per heavy atom. The van der Waals surface area contributed by atoms with Gasteiger partial charge in [-0.3, -0.25) is 4.79 Å². The second kappa shape index (κ2) is 7.38. The summed E-state index contributed by atoms with van der Waals surface area (Å²) in [6.45, 7) is 0.0966. The maximum absolute atomic E-state index is 12.2. The minimum atomic E-state index is -0.105. The number of rotatable bonds is 6. The van der Waals surface area contributed by atoms with E-state index in [4.69, 9.17) is 32.7 Å². The van der Waals surface area contributed by atoms with E-state index >= 15 is 0 Å². The number of carbonyl (C=O) groups excluding carboxylic acids is 1. The van der Waals surface area contributed by atoms with E-state index in [1.54, 1.807) is 43.5 Å². The number of hydrogen-bond donors (Lipinski definition) is 1. The van der Waals surface area contributed by atoms with Gasteiger partial charge in [-0.05, 0) is 36.4 Å². The number of Topliss-reactive ketones (excluding diaryl/α,β-unsaturated/α-hetero) is 1. The third-order valence-corrected chi connectivity index (χ3v) is 3.61. The lowest BCUT2D eigenvalue weighted by Crippen LogP contribution is -2.14. The van der Waals surface area contributed by atoms with Gasteiger partial charge in [-0.15, -0.1) is 0 Å². The van der Waals surface area contributed by atoms with Crippen molar-refractivity contribution >= 4 is 34.7 Å². The van der Waals surface area contributed by atoms with Crippen molar-refractivity contribution in [1.29, 1.82) is 0 Å². The molecule has 2 aromatic carbocycles. The molecule has 4 nitrogen and oxygen atoms in total. The topological polar surface area (TPSA) is 47.6 Å². The van der Waals surface area contributed by atoms with Crippen molar-refractivity contribution in [2.45, 2.75) is 0 Å². The summed E-state index contributed by atoms with van der Waals surface area (Å²) in [6, 6.07) is 10.1. The summed E-state index contributed by atoms with van der Waals surface area (Å²) in [4.78, 5) is 12.2. The predicted molar refractivity (Wildman–Crippen MR) is 88.8 cm³/mol. The lowest BCUT2D eigenvalue weighted by atomic mass is 10.1. The van der Waals surface area contributed by atoms with Crippen LogP contribution in [0.1, 0.15) is 10.4 Å². The highest BCUT2D eigenvalue weighted by atomic mass is 35.5. The maximum Gasteiger partial charge on any atom is 0.181 e. The maximum atomic E-state index is 12.2. The van der Waals surface area contributed by atoms with E-state index in [0.29, 0.717) is 32.8 Å². The van der Waals surface area contributed by atoms with E-state index in [0.717, 1.165) is 0 Å². The molecule has 0 heterocycles. The summed E-state index contributed by atoms with van der Waals surface area (Å²) in [7, 11) is 3.08. The van der Waals surface area contributed by atoms with Gasteiger partial charge in [0, 0.05) is 10.6 Å². The molecular weight excluding hydrogens is 325 g/mol. The van der Waals surface area contributed by atoms with Crippen LogP contribution in [-0.2, 0) is 0 Å². The van der Waals surface area contributed by atoms with Crippen molar-refractivity contribution in [2.75, 3.05) is 26.1 Å². The highest BCUT2D eigenvalue weighted by molar-refractivity contribution is 6.32. The van der Waals surface area contributed by atoms with Crippen LogP contribution in [0, 0.1) is 0 Å². The minimum absolute atomic E-state index is 0.0966. The molecule has 0 unspecified atom stereocenters. The van der Waals surface area contributed by atoms with Crippen LogP contribution in [0.15, 0.2) is 36.4 Å². The standard InChI is InChI=1S/C16H15Cl2NO3/c1-21-15-5-3-10(7-12(15)18)14(20)9-19-13-8-11(17)4-6-16(13)22-2/h3-8,19H,9H2,1-2H3. The first-order valence-electron chi connectivity index (χ1n) is 6.49. The zero-order valence-corrected chi connectivity index (χ0v) is 13.7. The SMILES string of the molecule is COc1ccc(C(=O)CNc2cc(Cl)ccc2OC)cc1Cl. The molecule has 0 aliphatic carbocycles. The van der Waals surface area contributed by atoms with Gasteiger partial charge in [0.15, 0.2) is 5.78 Å². The first kappa shape index (κ1) is 16.5. The Hall–Kier alpha value is -1.91. The molecule has 0 saturated carbocycles. The Labute approximate surface area is 138 Å². The molecule has 0 bridgehead atoms. The molecular formula is C16H15Cl2NO3. The molecule has 0 aromatic heterocycles. The lowest BCUT2D eigenvalue weighted by molar-refractivity contribution is 0.101. The van der Waals surface area contributed by atoms with Crippen molar-refractivity contribution < 1.29 is 14.3 Å². The molecule has 0 atom stereocenters. The molecule has 0 amide bonds. The molecule has 6 heteroatoms. The van der Waals surface area contributed by atoms with E-state index in [2.05, 4.69) is 5.32 Å². The van der Waals surface area contributed by atoms with Gasteiger partial charge >= 0.3 is 0 Å². The molecule has 0 fully saturated rings. The summed E-state index contributed by atoms with van der Waals surface area (Å²) in [6.07, 6.45) is 0. The van der Waals surface area contributed by atoms with Crippen LogP contribution in [0.3, 0.4) is 0 Å². The molecule has 1 N–H and O–H groups in total. The molecule has 0 aliphatic rings. The van der Waals surface area contributed by atoms with Crippen LogP contribution in [0.4, 0.5) is 5.69 Å². The largest absolute Gasteiger partial charge is 0.495 e. The van der Waals surface area contributed by atoms with Crippen molar-refractivity contribution in [3.05, 3.63) is 52.0 Å². The van der Waals surface area contributed by atoms with Gasteiger partial charge in [0.25, 0.3) is 0 Å². The van der Waals surface area contributed by atoms with Crippen LogP contribution in [0.5, 0.6) is 11.5 Å². The van der Waals surface area contributed by atoms with Gasteiger partial charge in [0.05, 0.1) is 31.5 Å². The number of nitrogens with one attached hydrogen (secondary N) is 1. The fourth-order valence-electron chi connectivity index (χ4n) is 1.94. The average molecular weight is 340 g/mol. The average Bonchev–Trinajstić information content (AvgIpc) is 2.52. The van der Waals surface area contributed by atoms with Gasteiger partial charge < -0.3 is 14.8 Å². The summed E-state index contributed by atoms with van der Waals surface area (Å²) in [5.74, 6) is 1.04. The van der Waals surface area contributed by atoms with Crippen LogP contribution in [-0.4, -0.2) is 26.5 Å². The second-order valence-corrected chi connectivity index (χ2v) is 5.31. The van der Waals surface area contributed by atoms with E-state index in [1.165, 1.54) is 7.11 Å². The van der Waals surface area contributed by atoms with Crippen LogP contribution in [0.25, 0.3) is 0 Å². The normalized spacial score (nSPS) is 10.2. The molecule has 0 radical (unpaired) electrons. The number of hydrogen-bond acceptors (Lipinski definition) is 4. The zero-order chi connectivity index (χ0) is 16.1. The summed E-state index contributed by atoms with van der Waals surface area (Å²) >= 11 is 12.0. The second-order valence-electron chi connectivity index (χ2n) is 4.47. The van der Waals surface area contributed by atoms with Gasteiger partial charge in [-0.2, -0.15) is 0 Å². The lowest BCUT2D eigenvalue weighted by Gasteiger charge is -2.11. The van der Waals surface area contributed by atoms with Crippen LogP contribution >= 0.6 is 23.2 Å². The molecule has 2 rings (SSSR count). The van der Waals surface area contributed by atoms with Gasteiger partial charge in [-0.1, -0.05) is 23.2 Å². The van der Waals surface area contributed by atoms with Crippen LogP contribution < -0.4 is 14.8 Å². The van der Waals surface area contributed by atoms with Gasteiger partial charge in [0.1, 0.15) is 11.5 Å². The molecule has 116 valence electrons. The number of halogens is 2. The monoisotopic (exact) mass is 339 g/mol. The molecule has 2 aromatic rings. The fraction of sp³-hybridized carbons (Fsp3) is 0.188. The number of ether oxygens (including phenoxy) is 2. The third-order valence-electron chi connectivity index (χ3n) is 3.07. The Morgan fingerprint density at radius 2 is 1.73 bits per heavy atom. The molecule has 0 spiro atoms. The number of benzene rings is 2. The van der Waals surface area contributed by atoms with E-state index < -0.39 is 0 Å². The van der Waals surface area contributed by atoms with Crippen molar-refractivity contribution in [3.63, 3.8) is 0 Å². The highest BCUT2D eigenvalue weighted by Gasteiger charge is 2.11. The molecule has 0 aliphatic heterocycles. The van der Waals surface area contributed by atoms with E-state index in [9.17, 15) is 4.79 Å². The molecule has 22 heavy (non-hydrogen) atoms. The smallest absolute Gasteiger partial charge is 0.181 e. The van der Waals surface area contributed by atoms with E-state index in [-0.39, 0.29) is 12.3 Å². The number of anilines is 1. The van der Waals surface area contributed by atoms with Crippen molar-refractivity contribution in [1.82, 2.24) is 0 Å². The summed E-state index contributed by atoms with van der Waals surface area (Å²) < 4.78 is 10.3. The third kappa shape index (κ3) is 3.84. The summed E-state index contributed by atoms with van der Waals surface area (Å²) in [5, 5.41) is 3.97. The number of carbonyl (C=O) groups is 1. The Balaban J connectivity index is 2.10. The fourth-order valence-corrected chi connectivity index (χ4v) is 2.37. The van der Waals surface area contributed by atoms with Gasteiger partial charge in [-0.25, -0.2) is 0 Å². The van der Waals surface area contributed by atoms with Crippen molar-refractivity contribution in [2.24, 2.45) is 0 Å². The Bertz CT molecular complexity index is 689. The minimum Gasteiger partial charge on any atom is -0.495 e. The predicted octanol–water partition coefficient (Wildman–Crippen LogP) is 4.31. The first-order chi connectivity index (χ1) is 10.5. The number of methoxy groups -OCH3 is 2. The Kier molecular flexibility index (Phi) is 5.52. The zero-order valence-electron chi connectivity index (χ0n) is 12.2. The number of ketones is 1. The van der Waals surface area contributed by atoms with Gasteiger partial charge in [0.2, 0.25) is 0 Å². The quantitative estimate of drug-likeness (QED) is 0.797.